The van der Waals surface area contributed by atoms with E-state index in [1.807, 2.05) is 18.2 Å². The number of fused-ring (bicyclic) bond motifs is 1. The fourth-order valence-electron chi connectivity index (χ4n) is 3.25. The summed E-state index contributed by atoms with van der Waals surface area (Å²) in [5, 5.41) is 32.7. The van der Waals surface area contributed by atoms with Crippen LogP contribution in [0.5, 0.6) is 0 Å². The summed E-state index contributed by atoms with van der Waals surface area (Å²) in [6.45, 7) is 0.291. The fraction of sp³-hybridized carbons (Fsp3) is 0.389. The SMILES string of the molecule is OC[C@@H]1O[C@H](n2cnc3c(NCCc4ccccc4)ncnc32)[C@@H](O)[C@H]1O. The van der Waals surface area contributed by atoms with Crippen molar-refractivity contribution < 1.29 is 20.1 Å². The zero-order valence-electron chi connectivity index (χ0n) is 14.5. The number of hydrogen-bond acceptors (Lipinski definition) is 8. The third-order valence-corrected chi connectivity index (χ3v) is 4.70. The molecule has 4 atom stereocenters. The van der Waals surface area contributed by atoms with Gasteiger partial charge in [0.05, 0.1) is 12.9 Å². The molecule has 3 aromatic rings. The molecule has 0 unspecified atom stereocenters. The maximum Gasteiger partial charge on any atom is 0.167 e. The van der Waals surface area contributed by atoms with Crippen LogP contribution in [0.4, 0.5) is 5.82 Å². The number of anilines is 1. The molecular formula is C18H21N5O4. The minimum absolute atomic E-state index is 0.386. The molecule has 0 spiro atoms. The molecule has 1 saturated heterocycles. The summed E-state index contributed by atoms with van der Waals surface area (Å²) in [4.78, 5) is 12.8. The molecule has 0 bridgehead atoms. The maximum absolute atomic E-state index is 10.2. The molecule has 4 rings (SSSR count). The van der Waals surface area contributed by atoms with E-state index in [1.54, 1.807) is 4.57 Å². The molecule has 4 N–H and O–H groups in total. The first-order chi connectivity index (χ1) is 13.2. The van der Waals surface area contributed by atoms with E-state index < -0.39 is 24.5 Å². The minimum Gasteiger partial charge on any atom is -0.394 e. The number of benzene rings is 1. The molecule has 9 nitrogen and oxygen atoms in total. The predicted molar refractivity (Wildman–Crippen MR) is 97.0 cm³/mol. The molecule has 27 heavy (non-hydrogen) atoms. The van der Waals surface area contributed by atoms with Crippen LogP contribution < -0.4 is 5.32 Å². The van der Waals surface area contributed by atoms with E-state index in [-0.39, 0.29) is 6.61 Å². The van der Waals surface area contributed by atoms with Crippen molar-refractivity contribution in [2.75, 3.05) is 18.5 Å². The summed E-state index contributed by atoms with van der Waals surface area (Å²) >= 11 is 0. The van der Waals surface area contributed by atoms with Gasteiger partial charge in [0.1, 0.15) is 24.6 Å². The van der Waals surface area contributed by atoms with E-state index in [0.29, 0.717) is 23.5 Å². The lowest BCUT2D eigenvalue weighted by Gasteiger charge is -2.16. The highest BCUT2D eigenvalue weighted by molar-refractivity contribution is 5.82. The molecule has 9 heteroatoms. The maximum atomic E-state index is 10.2. The molecular weight excluding hydrogens is 350 g/mol. The van der Waals surface area contributed by atoms with Crippen molar-refractivity contribution in [2.45, 2.75) is 31.0 Å². The summed E-state index contributed by atoms with van der Waals surface area (Å²) in [7, 11) is 0. The number of hydrogen-bond donors (Lipinski definition) is 4. The van der Waals surface area contributed by atoms with E-state index in [9.17, 15) is 15.3 Å². The summed E-state index contributed by atoms with van der Waals surface area (Å²) in [5.74, 6) is 0.585. The summed E-state index contributed by atoms with van der Waals surface area (Å²) in [6.07, 6.45) is -0.370. The summed E-state index contributed by atoms with van der Waals surface area (Å²) in [6, 6.07) is 10.1. The first-order valence-corrected chi connectivity index (χ1v) is 8.77. The standard InChI is InChI=1S/C18H21N5O4/c24-8-12-14(25)15(26)18(27-12)23-10-22-13-16(20-9-21-17(13)23)19-7-6-11-4-2-1-3-5-11/h1-5,9-10,12,14-15,18,24-26H,6-8H2,(H,19,20,21)/t12-,14-,15-,18-/m0/s1. The molecule has 0 saturated carbocycles. The van der Waals surface area contributed by atoms with E-state index in [1.165, 1.54) is 18.2 Å². The number of aromatic nitrogens is 4. The third kappa shape index (κ3) is 3.37. The first-order valence-electron chi connectivity index (χ1n) is 8.77. The monoisotopic (exact) mass is 371 g/mol. The van der Waals surface area contributed by atoms with Crippen LogP contribution in [0.25, 0.3) is 11.2 Å². The molecule has 2 aromatic heterocycles. The molecule has 0 aliphatic carbocycles. The fourth-order valence-corrected chi connectivity index (χ4v) is 3.25. The number of ether oxygens (including phenoxy) is 1. The van der Waals surface area contributed by atoms with Gasteiger partial charge < -0.3 is 25.4 Å². The van der Waals surface area contributed by atoms with Gasteiger partial charge in [-0.3, -0.25) is 4.57 Å². The zero-order chi connectivity index (χ0) is 18.8. The van der Waals surface area contributed by atoms with Gasteiger partial charge in [-0.2, -0.15) is 0 Å². The lowest BCUT2D eigenvalue weighted by Crippen LogP contribution is -2.33. The van der Waals surface area contributed by atoms with Crippen molar-refractivity contribution in [1.29, 1.82) is 0 Å². The van der Waals surface area contributed by atoms with Crippen molar-refractivity contribution >= 4 is 17.0 Å². The van der Waals surface area contributed by atoms with Crippen LogP contribution in [-0.4, -0.2) is 66.3 Å². The Morgan fingerprint density at radius 1 is 1.07 bits per heavy atom. The Labute approximate surface area is 155 Å². The number of imidazole rings is 1. The number of aliphatic hydroxyl groups excluding tert-OH is 3. The van der Waals surface area contributed by atoms with Gasteiger partial charge in [-0.25, -0.2) is 15.0 Å². The first kappa shape index (κ1) is 17.8. The van der Waals surface area contributed by atoms with Crippen LogP contribution in [0.15, 0.2) is 43.0 Å². The summed E-state index contributed by atoms with van der Waals surface area (Å²) in [5.41, 5.74) is 2.23. The van der Waals surface area contributed by atoms with Crippen molar-refractivity contribution in [1.82, 2.24) is 19.5 Å². The normalized spacial score (nSPS) is 25.1. The highest BCUT2D eigenvalue weighted by atomic mass is 16.6. The van der Waals surface area contributed by atoms with Gasteiger partial charge in [0.25, 0.3) is 0 Å². The molecule has 1 aliphatic rings. The van der Waals surface area contributed by atoms with Gasteiger partial charge in [0, 0.05) is 6.54 Å². The van der Waals surface area contributed by atoms with E-state index >= 15 is 0 Å². The number of nitrogens with one attached hydrogen (secondary N) is 1. The quantitative estimate of drug-likeness (QED) is 0.480. The van der Waals surface area contributed by atoms with E-state index in [4.69, 9.17) is 4.74 Å². The van der Waals surface area contributed by atoms with Crippen LogP contribution in [0.3, 0.4) is 0 Å². The highest BCUT2D eigenvalue weighted by Crippen LogP contribution is 2.32. The Hall–Kier alpha value is -2.59. The summed E-state index contributed by atoms with van der Waals surface area (Å²) < 4.78 is 7.10. The van der Waals surface area contributed by atoms with Gasteiger partial charge in [0.15, 0.2) is 23.2 Å². The Morgan fingerprint density at radius 3 is 2.63 bits per heavy atom. The third-order valence-electron chi connectivity index (χ3n) is 4.70. The van der Waals surface area contributed by atoms with Crippen molar-refractivity contribution in [3.8, 4) is 0 Å². The lowest BCUT2D eigenvalue weighted by molar-refractivity contribution is -0.0511. The second-order valence-corrected chi connectivity index (χ2v) is 6.44. The molecule has 142 valence electrons. The lowest BCUT2D eigenvalue weighted by atomic mass is 10.1. The Kier molecular flexibility index (Phi) is 4.99. The zero-order valence-corrected chi connectivity index (χ0v) is 14.5. The molecule has 1 aromatic carbocycles. The average Bonchev–Trinajstić information content (AvgIpc) is 3.25. The molecule has 1 aliphatic heterocycles. The van der Waals surface area contributed by atoms with Gasteiger partial charge >= 0.3 is 0 Å². The van der Waals surface area contributed by atoms with Crippen molar-refractivity contribution in [3.63, 3.8) is 0 Å². The van der Waals surface area contributed by atoms with E-state index in [2.05, 4.69) is 32.4 Å². The molecule has 3 heterocycles. The molecule has 0 amide bonds. The topological polar surface area (TPSA) is 126 Å². The Bertz CT molecular complexity index is 903. The van der Waals surface area contributed by atoms with Gasteiger partial charge in [-0.05, 0) is 12.0 Å². The highest BCUT2D eigenvalue weighted by Gasteiger charge is 2.44. The molecule has 0 radical (unpaired) electrons. The van der Waals surface area contributed by atoms with Crippen LogP contribution in [0.2, 0.25) is 0 Å². The van der Waals surface area contributed by atoms with Crippen molar-refractivity contribution in [2.24, 2.45) is 0 Å². The predicted octanol–water partition coefficient (Wildman–Crippen LogP) is 0.0924. The number of aliphatic hydroxyl groups is 3. The van der Waals surface area contributed by atoms with E-state index in [0.717, 1.165) is 6.42 Å². The van der Waals surface area contributed by atoms with Crippen LogP contribution in [0, 0.1) is 0 Å². The minimum atomic E-state index is -1.19. The van der Waals surface area contributed by atoms with Crippen LogP contribution >= 0.6 is 0 Å². The smallest absolute Gasteiger partial charge is 0.167 e. The van der Waals surface area contributed by atoms with Crippen LogP contribution in [0.1, 0.15) is 11.8 Å². The van der Waals surface area contributed by atoms with Gasteiger partial charge in [-0.15, -0.1) is 0 Å². The van der Waals surface area contributed by atoms with Crippen molar-refractivity contribution in [3.05, 3.63) is 48.5 Å². The largest absolute Gasteiger partial charge is 0.394 e. The average molecular weight is 371 g/mol. The van der Waals surface area contributed by atoms with Gasteiger partial charge in [-0.1, -0.05) is 30.3 Å². The number of rotatable bonds is 6. The second-order valence-electron chi connectivity index (χ2n) is 6.44. The Morgan fingerprint density at radius 2 is 1.89 bits per heavy atom. The van der Waals surface area contributed by atoms with Gasteiger partial charge in [0.2, 0.25) is 0 Å². The number of nitrogens with zero attached hydrogens (tertiary/aromatic N) is 4. The molecule has 1 fully saturated rings. The second kappa shape index (κ2) is 7.57. The van der Waals surface area contributed by atoms with Crippen LogP contribution in [-0.2, 0) is 11.2 Å². The Balaban J connectivity index is 1.53.